The largest absolute Gasteiger partial charge is 0.323 e. The molecule has 108 valence electrons. The lowest BCUT2D eigenvalue weighted by Gasteiger charge is -2.19. The lowest BCUT2D eigenvalue weighted by Crippen LogP contribution is -2.21. The molecule has 2 aromatic rings. The summed E-state index contributed by atoms with van der Waals surface area (Å²) in [6, 6.07) is 13.0. The normalized spacial score (nSPS) is 13.4. The summed E-state index contributed by atoms with van der Waals surface area (Å²) < 4.78 is 0. The van der Waals surface area contributed by atoms with Crippen LogP contribution in [0, 0.1) is 0 Å². The molecule has 2 amide bonds. The zero-order valence-corrected chi connectivity index (χ0v) is 12.4. The van der Waals surface area contributed by atoms with Gasteiger partial charge in [-0.1, -0.05) is 23.7 Å². The van der Waals surface area contributed by atoms with Crippen molar-refractivity contribution in [3.8, 4) is 0 Å². The van der Waals surface area contributed by atoms with Crippen molar-refractivity contribution in [3.05, 3.63) is 58.6 Å². The van der Waals surface area contributed by atoms with Gasteiger partial charge >= 0.3 is 6.03 Å². The first-order chi connectivity index (χ1) is 10.2. The van der Waals surface area contributed by atoms with Crippen molar-refractivity contribution in [3.63, 3.8) is 0 Å². The number of hydrogen-bond acceptors (Lipinski definition) is 1. The monoisotopic (exact) mass is 300 g/mol. The predicted molar refractivity (Wildman–Crippen MR) is 87.2 cm³/mol. The Bertz CT molecular complexity index is 652. The minimum Gasteiger partial charge on any atom is -0.308 e. The molecule has 2 aromatic carbocycles. The predicted octanol–water partition coefficient (Wildman–Crippen LogP) is 4.86. The average molecular weight is 301 g/mol. The van der Waals surface area contributed by atoms with Crippen LogP contribution in [0.5, 0.6) is 0 Å². The molecule has 0 aromatic heterocycles. The highest BCUT2D eigenvalue weighted by molar-refractivity contribution is 6.30. The number of carbonyl (C=O) groups is 1. The number of anilines is 2. The second-order valence-corrected chi connectivity index (χ2v) is 5.67. The molecule has 3 rings (SSSR count). The molecule has 21 heavy (non-hydrogen) atoms. The second kappa shape index (κ2) is 6.19. The van der Waals surface area contributed by atoms with Crippen molar-refractivity contribution in [2.45, 2.75) is 25.7 Å². The maximum absolute atomic E-state index is 12.1. The maximum atomic E-state index is 12.1. The van der Waals surface area contributed by atoms with Crippen molar-refractivity contribution >= 4 is 29.0 Å². The minimum absolute atomic E-state index is 0.226. The highest BCUT2D eigenvalue weighted by Gasteiger charge is 2.14. The molecular weight excluding hydrogens is 284 g/mol. The Hall–Kier alpha value is -2.00. The third-order valence-corrected chi connectivity index (χ3v) is 4.00. The molecular formula is C17H17ClN2O. The first kappa shape index (κ1) is 14.0. The van der Waals surface area contributed by atoms with Gasteiger partial charge in [-0.2, -0.15) is 0 Å². The van der Waals surface area contributed by atoms with Gasteiger partial charge in [0.2, 0.25) is 0 Å². The summed E-state index contributed by atoms with van der Waals surface area (Å²) in [6.45, 7) is 0. The van der Waals surface area contributed by atoms with E-state index < -0.39 is 0 Å². The van der Waals surface area contributed by atoms with Gasteiger partial charge in [0.1, 0.15) is 0 Å². The average Bonchev–Trinajstić information content (AvgIpc) is 2.50. The molecule has 1 aliphatic rings. The molecule has 1 aliphatic carbocycles. The summed E-state index contributed by atoms with van der Waals surface area (Å²) in [5, 5.41) is 6.42. The number of hydrogen-bond donors (Lipinski definition) is 2. The summed E-state index contributed by atoms with van der Waals surface area (Å²) in [5.74, 6) is 0. The van der Waals surface area contributed by atoms with Crippen LogP contribution < -0.4 is 10.6 Å². The number of amides is 2. The van der Waals surface area contributed by atoms with Gasteiger partial charge in [0.05, 0.1) is 0 Å². The number of benzene rings is 2. The lowest BCUT2D eigenvalue weighted by molar-refractivity contribution is 0.262. The summed E-state index contributed by atoms with van der Waals surface area (Å²) in [5.41, 5.74) is 4.26. The number of halogens is 1. The molecule has 4 heteroatoms. The van der Waals surface area contributed by atoms with Crippen molar-refractivity contribution in [1.82, 2.24) is 0 Å². The van der Waals surface area contributed by atoms with Crippen molar-refractivity contribution < 1.29 is 4.79 Å². The molecule has 3 nitrogen and oxygen atoms in total. The lowest BCUT2D eigenvalue weighted by atomic mass is 9.90. The Morgan fingerprint density at radius 2 is 1.71 bits per heavy atom. The van der Waals surface area contributed by atoms with E-state index in [9.17, 15) is 4.79 Å². The fourth-order valence-corrected chi connectivity index (χ4v) is 2.84. The van der Waals surface area contributed by atoms with E-state index in [4.69, 9.17) is 11.6 Å². The van der Waals surface area contributed by atoms with Gasteiger partial charge in [-0.25, -0.2) is 4.79 Å². The fraction of sp³-hybridized carbons (Fsp3) is 0.235. The first-order valence-electron chi connectivity index (χ1n) is 7.17. The van der Waals surface area contributed by atoms with Crippen LogP contribution in [0.25, 0.3) is 0 Å². The van der Waals surface area contributed by atoms with Gasteiger partial charge in [-0.05, 0) is 67.1 Å². The standard InChI is InChI=1S/C17H17ClN2O/c18-13-8-10-14(11-9-13)19-17(21)20-16-7-3-5-12-4-1-2-6-15(12)16/h3,5,7-11H,1-2,4,6H2,(H2,19,20,21). The third-order valence-electron chi connectivity index (χ3n) is 3.75. The SMILES string of the molecule is O=C(Nc1ccc(Cl)cc1)Nc1cccc2c1CCCC2. The topological polar surface area (TPSA) is 41.1 Å². The Morgan fingerprint density at radius 1 is 0.952 bits per heavy atom. The molecule has 0 bridgehead atoms. The highest BCUT2D eigenvalue weighted by atomic mass is 35.5. The van der Waals surface area contributed by atoms with E-state index in [0.717, 1.165) is 24.2 Å². The third kappa shape index (κ3) is 3.37. The zero-order chi connectivity index (χ0) is 14.7. The van der Waals surface area contributed by atoms with Gasteiger partial charge in [0, 0.05) is 16.4 Å². The van der Waals surface area contributed by atoms with Crippen LogP contribution >= 0.6 is 11.6 Å². The van der Waals surface area contributed by atoms with Gasteiger partial charge in [-0.15, -0.1) is 0 Å². The Kier molecular flexibility index (Phi) is 4.11. The van der Waals surface area contributed by atoms with Crippen LogP contribution in [0.3, 0.4) is 0 Å². The van der Waals surface area contributed by atoms with Crippen LogP contribution in [0.4, 0.5) is 16.2 Å². The van der Waals surface area contributed by atoms with Crippen molar-refractivity contribution in [2.24, 2.45) is 0 Å². The van der Waals surface area contributed by atoms with Gasteiger partial charge in [0.15, 0.2) is 0 Å². The van der Waals surface area contributed by atoms with Crippen LogP contribution in [0.15, 0.2) is 42.5 Å². The van der Waals surface area contributed by atoms with E-state index in [1.165, 1.54) is 24.0 Å². The van der Waals surface area contributed by atoms with Crippen LogP contribution in [0.1, 0.15) is 24.0 Å². The molecule has 0 aliphatic heterocycles. The number of fused-ring (bicyclic) bond motifs is 1. The molecule has 0 fully saturated rings. The molecule has 0 atom stereocenters. The zero-order valence-electron chi connectivity index (χ0n) is 11.7. The van der Waals surface area contributed by atoms with Crippen LogP contribution in [-0.4, -0.2) is 6.03 Å². The quantitative estimate of drug-likeness (QED) is 0.817. The summed E-state index contributed by atoms with van der Waals surface area (Å²) in [7, 11) is 0. The molecule has 0 radical (unpaired) electrons. The molecule has 0 saturated heterocycles. The van der Waals surface area contributed by atoms with Gasteiger partial charge in [-0.3, -0.25) is 0 Å². The van der Waals surface area contributed by atoms with E-state index >= 15 is 0 Å². The van der Waals surface area contributed by atoms with Gasteiger partial charge in [0.25, 0.3) is 0 Å². The fourth-order valence-electron chi connectivity index (χ4n) is 2.72. The van der Waals surface area contributed by atoms with Gasteiger partial charge < -0.3 is 10.6 Å². The Morgan fingerprint density at radius 3 is 2.52 bits per heavy atom. The molecule has 0 saturated carbocycles. The molecule has 2 N–H and O–H groups in total. The minimum atomic E-state index is -0.226. The molecule has 0 unspecified atom stereocenters. The van der Waals surface area contributed by atoms with E-state index in [1.807, 2.05) is 12.1 Å². The summed E-state index contributed by atoms with van der Waals surface area (Å²) in [4.78, 5) is 12.1. The first-order valence-corrected chi connectivity index (χ1v) is 7.54. The van der Waals surface area contributed by atoms with Crippen LogP contribution in [-0.2, 0) is 12.8 Å². The highest BCUT2D eigenvalue weighted by Crippen LogP contribution is 2.28. The van der Waals surface area contributed by atoms with Crippen molar-refractivity contribution in [2.75, 3.05) is 10.6 Å². The number of aryl methyl sites for hydroxylation is 1. The van der Waals surface area contributed by atoms with E-state index in [2.05, 4.69) is 16.7 Å². The van der Waals surface area contributed by atoms with E-state index in [-0.39, 0.29) is 6.03 Å². The summed E-state index contributed by atoms with van der Waals surface area (Å²) in [6.07, 6.45) is 4.55. The number of rotatable bonds is 2. The smallest absolute Gasteiger partial charge is 0.308 e. The van der Waals surface area contributed by atoms with E-state index in [1.54, 1.807) is 24.3 Å². The summed E-state index contributed by atoms with van der Waals surface area (Å²) >= 11 is 5.83. The second-order valence-electron chi connectivity index (χ2n) is 5.24. The Labute approximate surface area is 129 Å². The van der Waals surface area contributed by atoms with Crippen molar-refractivity contribution in [1.29, 1.82) is 0 Å². The maximum Gasteiger partial charge on any atom is 0.323 e. The van der Waals surface area contributed by atoms with E-state index in [0.29, 0.717) is 5.02 Å². The van der Waals surface area contributed by atoms with Crippen LogP contribution in [0.2, 0.25) is 5.02 Å². The molecule has 0 spiro atoms. The number of carbonyl (C=O) groups excluding carboxylic acids is 1. The Balaban J connectivity index is 1.71. The molecule has 0 heterocycles. The number of urea groups is 1. The number of nitrogens with one attached hydrogen (secondary N) is 2.